The molecule has 130 valence electrons. The second-order valence-electron chi connectivity index (χ2n) is 4.87. The summed E-state index contributed by atoms with van der Waals surface area (Å²) in [7, 11) is 1.15. The largest absolute Gasteiger partial charge is 0.481 e. The molecule has 9 heteroatoms. The molecule has 1 aromatic rings. The monoisotopic (exact) mass is 338 g/mol. The van der Waals surface area contributed by atoms with Gasteiger partial charge < -0.3 is 25.6 Å². The van der Waals surface area contributed by atoms with Crippen molar-refractivity contribution in [2.24, 2.45) is 0 Å². The van der Waals surface area contributed by atoms with Crippen LogP contribution in [0.2, 0.25) is 0 Å². The van der Waals surface area contributed by atoms with Crippen LogP contribution >= 0.6 is 0 Å². The summed E-state index contributed by atoms with van der Waals surface area (Å²) < 4.78 is 4.62. The highest BCUT2D eigenvalue weighted by atomic mass is 16.5. The summed E-state index contributed by atoms with van der Waals surface area (Å²) in [6.07, 6.45) is -2.18. The number of esters is 1. The van der Waals surface area contributed by atoms with Crippen molar-refractivity contribution >= 4 is 23.9 Å². The normalized spacial score (nSPS) is 12.5. The zero-order valence-electron chi connectivity index (χ0n) is 12.9. The van der Waals surface area contributed by atoms with E-state index in [1.165, 1.54) is 0 Å². The number of carboxylic acids is 1. The maximum atomic E-state index is 12.1. The van der Waals surface area contributed by atoms with Gasteiger partial charge in [0.15, 0.2) is 0 Å². The van der Waals surface area contributed by atoms with Gasteiger partial charge in [-0.3, -0.25) is 9.59 Å². The van der Waals surface area contributed by atoms with Gasteiger partial charge in [0.2, 0.25) is 5.91 Å². The number of nitrogens with one attached hydrogen (secondary N) is 2. The first-order chi connectivity index (χ1) is 11.3. The minimum atomic E-state index is -1.55. The molecule has 4 N–H and O–H groups in total. The fourth-order valence-corrected chi connectivity index (χ4v) is 1.99. The standard InChI is InChI=1S/C15H18N2O7/c1-24-14(21)11(7-9-5-3-2-4-6-9)16-13(20)10(8-12(18)19)17-15(22)23/h2-6,10-11,17H,7-8H2,1H3,(H,16,20)(H,18,19)(H,22,23)/t10-,11-/m0/s1. The quantitative estimate of drug-likeness (QED) is 0.489. The van der Waals surface area contributed by atoms with Crippen LogP contribution in [0.5, 0.6) is 0 Å². The predicted molar refractivity (Wildman–Crippen MR) is 81.3 cm³/mol. The van der Waals surface area contributed by atoms with E-state index in [-0.39, 0.29) is 6.42 Å². The summed E-state index contributed by atoms with van der Waals surface area (Å²) in [6, 6.07) is 6.18. The fraction of sp³-hybridized carbons (Fsp3) is 0.333. The first-order valence-corrected chi connectivity index (χ1v) is 6.97. The van der Waals surface area contributed by atoms with Gasteiger partial charge in [-0.15, -0.1) is 0 Å². The molecule has 2 atom stereocenters. The van der Waals surface area contributed by atoms with Crippen LogP contribution in [0.15, 0.2) is 30.3 Å². The van der Waals surface area contributed by atoms with Crippen LogP contribution in [0.25, 0.3) is 0 Å². The second-order valence-corrected chi connectivity index (χ2v) is 4.87. The number of carboxylic acid groups (broad SMARTS) is 2. The van der Waals surface area contributed by atoms with Crippen molar-refractivity contribution in [2.75, 3.05) is 7.11 Å². The van der Waals surface area contributed by atoms with E-state index in [0.29, 0.717) is 0 Å². The second kappa shape index (κ2) is 9.13. The van der Waals surface area contributed by atoms with Crippen molar-refractivity contribution in [3.05, 3.63) is 35.9 Å². The molecule has 0 aliphatic rings. The highest BCUT2D eigenvalue weighted by Gasteiger charge is 2.28. The van der Waals surface area contributed by atoms with Gasteiger partial charge >= 0.3 is 18.0 Å². The van der Waals surface area contributed by atoms with Crippen molar-refractivity contribution < 1.29 is 34.1 Å². The van der Waals surface area contributed by atoms with Gasteiger partial charge in [0, 0.05) is 6.42 Å². The molecule has 1 aromatic carbocycles. The third-order valence-electron chi connectivity index (χ3n) is 3.08. The van der Waals surface area contributed by atoms with E-state index < -0.39 is 42.4 Å². The van der Waals surface area contributed by atoms with E-state index in [1.807, 2.05) is 5.32 Å². The molecule has 0 fully saturated rings. The molecule has 24 heavy (non-hydrogen) atoms. The van der Waals surface area contributed by atoms with E-state index >= 15 is 0 Å². The van der Waals surface area contributed by atoms with E-state index in [4.69, 9.17) is 10.2 Å². The van der Waals surface area contributed by atoms with E-state index in [0.717, 1.165) is 12.7 Å². The average molecular weight is 338 g/mol. The lowest BCUT2D eigenvalue weighted by molar-refractivity contribution is -0.145. The Kier molecular flexibility index (Phi) is 7.21. The molecule has 0 heterocycles. The number of aliphatic carboxylic acids is 1. The Labute approximate surface area is 137 Å². The minimum absolute atomic E-state index is 0.117. The molecule has 2 amide bonds. The summed E-state index contributed by atoms with van der Waals surface area (Å²) >= 11 is 0. The summed E-state index contributed by atoms with van der Waals surface area (Å²) in [4.78, 5) is 45.4. The molecular formula is C15H18N2O7. The molecule has 0 unspecified atom stereocenters. The van der Waals surface area contributed by atoms with Gasteiger partial charge in [-0.1, -0.05) is 30.3 Å². The number of benzene rings is 1. The number of hydrogen-bond acceptors (Lipinski definition) is 5. The fourth-order valence-electron chi connectivity index (χ4n) is 1.99. The third kappa shape index (κ3) is 6.34. The van der Waals surface area contributed by atoms with Crippen molar-refractivity contribution in [2.45, 2.75) is 24.9 Å². The van der Waals surface area contributed by atoms with E-state index in [2.05, 4.69) is 10.1 Å². The van der Waals surface area contributed by atoms with Crippen molar-refractivity contribution in [3.63, 3.8) is 0 Å². The Morgan fingerprint density at radius 3 is 2.17 bits per heavy atom. The molecule has 9 nitrogen and oxygen atoms in total. The van der Waals surface area contributed by atoms with Gasteiger partial charge in [0.25, 0.3) is 0 Å². The number of ether oxygens (including phenoxy) is 1. The number of carbonyl (C=O) groups is 4. The van der Waals surface area contributed by atoms with Crippen LogP contribution in [-0.4, -0.2) is 53.3 Å². The average Bonchev–Trinajstić information content (AvgIpc) is 2.52. The molecule has 0 saturated carbocycles. The van der Waals surface area contributed by atoms with Crippen molar-refractivity contribution in [1.82, 2.24) is 10.6 Å². The smallest absolute Gasteiger partial charge is 0.405 e. The molecule has 0 aliphatic carbocycles. The van der Waals surface area contributed by atoms with Crippen LogP contribution in [0, 0.1) is 0 Å². The molecular weight excluding hydrogens is 320 g/mol. The van der Waals surface area contributed by atoms with Crippen LogP contribution in [0.1, 0.15) is 12.0 Å². The number of rotatable bonds is 8. The molecule has 0 radical (unpaired) electrons. The zero-order valence-corrected chi connectivity index (χ0v) is 12.9. The highest BCUT2D eigenvalue weighted by molar-refractivity contribution is 5.92. The van der Waals surface area contributed by atoms with Crippen molar-refractivity contribution in [3.8, 4) is 0 Å². The van der Waals surface area contributed by atoms with Gasteiger partial charge in [-0.25, -0.2) is 9.59 Å². The summed E-state index contributed by atoms with van der Waals surface area (Å²) in [5, 5.41) is 21.6. The van der Waals surface area contributed by atoms with Crippen molar-refractivity contribution in [1.29, 1.82) is 0 Å². The number of methoxy groups -OCH3 is 1. The molecule has 0 bridgehead atoms. The number of amides is 2. The van der Waals surface area contributed by atoms with Gasteiger partial charge in [-0.05, 0) is 5.56 Å². The molecule has 1 rings (SSSR count). The van der Waals surface area contributed by atoms with E-state index in [1.54, 1.807) is 30.3 Å². The van der Waals surface area contributed by atoms with Crippen LogP contribution in [-0.2, 0) is 25.5 Å². The SMILES string of the molecule is COC(=O)[C@H](Cc1ccccc1)NC(=O)[C@H](CC(=O)O)NC(=O)O. The summed E-state index contributed by atoms with van der Waals surface area (Å²) in [5.41, 5.74) is 0.745. The van der Waals surface area contributed by atoms with Gasteiger partial charge in [0.1, 0.15) is 12.1 Å². The Bertz CT molecular complexity index is 587. The summed E-state index contributed by atoms with van der Waals surface area (Å²) in [6.45, 7) is 0. The summed E-state index contributed by atoms with van der Waals surface area (Å²) in [5.74, 6) is -3.01. The van der Waals surface area contributed by atoms with Gasteiger partial charge in [0.05, 0.1) is 13.5 Å². The molecule has 0 aliphatic heterocycles. The predicted octanol–water partition coefficient (Wildman–Crippen LogP) is -0.00220. The maximum Gasteiger partial charge on any atom is 0.405 e. The van der Waals surface area contributed by atoms with Crippen LogP contribution < -0.4 is 10.6 Å². The Morgan fingerprint density at radius 1 is 1.04 bits per heavy atom. The van der Waals surface area contributed by atoms with Crippen LogP contribution in [0.4, 0.5) is 4.79 Å². The Morgan fingerprint density at radius 2 is 1.67 bits per heavy atom. The number of hydrogen-bond donors (Lipinski definition) is 4. The maximum absolute atomic E-state index is 12.1. The van der Waals surface area contributed by atoms with Crippen LogP contribution in [0.3, 0.4) is 0 Å². The first kappa shape index (κ1) is 18.9. The zero-order chi connectivity index (χ0) is 18.1. The minimum Gasteiger partial charge on any atom is -0.481 e. The molecule has 0 aromatic heterocycles. The van der Waals surface area contributed by atoms with E-state index in [9.17, 15) is 19.2 Å². The lowest BCUT2D eigenvalue weighted by Crippen LogP contribution is -2.52. The first-order valence-electron chi connectivity index (χ1n) is 6.97. The Balaban J connectivity index is 2.86. The lowest BCUT2D eigenvalue weighted by Gasteiger charge is -2.20. The third-order valence-corrected chi connectivity index (χ3v) is 3.08. The molecule has 0 spiro atoms. The number of carbonyl (C=O) groups excluding carboxylic acids is 2. The highest BCUT2D eigenvalue weighted by Crippen LogP contribution is 2.05. The van der Waals surface area contributed by atoms with Gasteiger partial charge in [-0.2, -0.15) is 0 Å². The Hall–Kier alpha value is -3.10. The molecule has 0 saturated heterocycles. The topological polar surface area (TPSA) is 142 Å². The lowest BCUT2D eigenvalue weighted by atomic mass is 10.1.